The lowest BCUT2D eigenvalue weighted by molar-refractivity contribution is 0.0609. The molecule has 0 amide bonds. The van der Waals surface area contributed by atoms with E-state index >= 15 is 4.39 Å². The van der Waals surface area contributed by atoms with E-state index in [9.17, 15) is 19.1 Å². The molecule has 2 atom stereocenters. The van der Waals surface area contributed by atoms with Crippen LogP contribution in [0.2, 0.25) is 5.02 Å². The highest BCUT2D eigenvalue weighted by atomic mass is 35.5. The largest absolute Gasteiger partial charge is 0.491 e. The van der Waals surface area contributed by atoms with E-state index in [1.165, 1.54) is 12.1 Å². The number of nitrogen functional groups attached to an aromatic ring is 1. The number of hydrogen-bond acceptors (Lipinski definition) is 10. The molecule has 1 saturated carbocycles. The Labute approximate surface area is 277 Å². The van der Waals surface area contributed by atoms with Crippen LogP contribution in [0.1, 0.15) is 44.1 Å². The molecular formula is C33H32ClF3N6O3S. The zero-order chi connectivity index (χ0) is 32.8. The summed E-state index contributed by atoms with van der Waals surface area (Å²) in [5.41, 5.74) is 5.18. The topological polar surface area (TPSA) is 121 Å². The molecule has 246 valence electrons. The fourth-order valence-electron chi connectivity index (χ4n) is 8.43. The lowest BCUT2D eigenvalue weighted by atomic mass is 9.65. The molecule has 47 heavy (non-hydrogen) atoms. The number of hydrogen-bond donors (Lipinski definition) is 2. The second-order valence-corrected chi connectivity index (χ2v) is 14.8. The third-order valence-corrected chi connectivity index (χ3v) is 12.2. The molecule has 1 aliphatic carbocycles. The number of aliphatic hydroxyl groups excluding tert-OH is 1. The first-order chi connectivity index (χ1) is 22.6. The second-order valence-electron chi connectivity index (χ2n) is 13.3. The number of anilines is 2. The molecular weight excluding hydrogens is 653 g/mol. The van der Waals surface area contributed by atoms with Gasteiger partial charge in [0.15, 0.2) is 11.6 Å². The molecule has 2 saturated heterocycles. The molecule has 9 nitrogen and oxygen atoms in total. The van der Waals surface area contributed by atoms with Gasteiger partial charge in [0.2, 0.25) is 0 Å². The molecule has 3 aliphatic heterocycles. The molecule has 4 aromatic rings. The summed E-state index contributed by atoms with van der Waals surface area (Å²) in [6, 6.07) is 4.52. The maximum absolute atomic E-state index is 17.2. The number of alkyl halides is 1. The average molecular weight is 685 g/mol. The lowest BCUT2D eigenvalue weighted by Gasteiger charge is -2.54. The van der Waals surface area contributed by atoms with Crippen molar-refractivity contribution < 1.29 is 27.8 Å². The van der Waals surface area contributed by atoms with Crippen LogP contribution in [0, 0.1) is 28.9 Å². The van der Waals surface area contributed by atoms with Gasteiger partial charge in [0.25, 0.3) is 0 Å². The van der Waals surface area contributed by atoms with E-state index in [0.717, 1.165) is 30.7 Å². The molecule has 1 spiro atoms. The standard InChI is InChI=1S/C33H32ClF3N6O3S/c1-42-30-23-26(40-31(41-30)46-15-33-5-2-7-43(33)13-17(35)11-33)25(37)22(18-3-4-20(36)28-21(18)19(12-38)29(39)47-28)24(34)27(23)45-8-6-32(42)9-16(10-32)14-44/h3-4,16-17,44H,2,5-11,13-15,39H2,1H3/t16?,17-,32?,33+/m1/s1. The molecule has 8 rings (SSSR count). The fraction of sp³-hybridized carbons (Fsp3) is 0.485. The van der Waals surface area contributed by atoms with Crippen LogP contribution in [0.5, 0.6) is 11.8 Å². The van der Waals surface area contributed by atoms with E-state index in [4.69, 9.17) is 31.8 Å². The quantitative estimate of drug-likeness (QED) is 0.253. The van der Waals surface area contributed by atoms with Crippen LogP contribution in [-0.2, 0) is 0 Å². The van der Waals surface area contributed by atoms with Crippen LogP contribution in [-0.4, -0.2) is 77.2 Å². The summed E-state index contributed by atoms with van der Waals surface area (Å²) in [5.74, 6) is -0.774. The van der Waals surface area contributed by atoms with E-state index in [0.29, 0.717) is 38.0 Å². The molecule has 0 bridgehead atoms. The number of nitriles is 1. The summed E-state index contributed by atoms with van der Waals surface area (Å²) in [6.45, 7) is 1.58. The summed E-state index contributed by atoms with van der Waals surface area (Å²) in [6.07, 6.45) is 3.06. The first kappa shape index (κ1) is 30.7. The maximum Gasteiger partial charge on any atom is 0.319 e. The van der Waals surface area contributed by atoms with Crippen molar-refractivity contribution in [1.82, 2.24) is 14.9 Å². The zero-order valence-corrected chi connectivity index (χ0v) is 27.2. The zero-order valence-electron chi connectivity index (χ0n) is 25.6. The van der Waals surface area contributed by atoms with Crippen LogP contribution in [0.25, 0.3) is 32.1 Å². The lowest BCUT2D eigenvalue weighted by Crippen LogP contribution is -2.58. The maximum atomic E-state index is 17.2. The molecule has 2 aromatic heterocycles. The highest BCUT2D eigenvalue weighted by Crippen LogP contribution is 2.54. The van der Waals surface area contributed by atoms with Gasteiger partial charge in [0.05, 0.1) is 32.8 Å². The van der Waals surface area contributed by atoms with Gasteiger partial charge in [-0.15, -0.1) is 11.3 Å². The molecule has 3 fully saturated rings. The van der Waals surface area contributed by atoms with E-state index in [1.807, 2.05) is 18.0 Å². The van der Waals surface area contributed by atoms with Crippen LogP contribution in [0.4, 0.5) is 24.0 Å². The first-order valence-electron chi connectivity index (χ1n) is 15.7. The average Bonchev–Trinajstić information content (AvgIpc) is 3.68. The Morgan fingerprint density at radius 1 is 1.23 bits per heavy atom. The van der Waals surface area contributed by atoms with Gasteiger partial charge in [-0.25, -0.2) is 13.2 Å². The van der Waals surface area contributed by atoms with Gasteiger partial charge < -0.3 is 25.2 Å². The Morgan fingerprint density at radius 3 is 2.81 bits per heavy atom. The molecule has 5 heterocycles. The van der Waals surface area contributed by atoms with E-state index in [1.54, 1.807) is 0 Å². The Balaban J connectivity index is 1.34. The predicted octanol–water partition coefficient (Wildman–Crippen LogP) is 6.21. The number of rotatable bonds is 5. The highest BCUT2D eigenvalue weighted by molar-refractivity contribution is 7.23. The van der Waals surface area contributed by atoms with Crippen molar-refractivity contribution in [3.05, 3.63) is 34.4 Å². The predicted molar refractivity (Wildman–Crippen MR) is 174 cm³/mol. The molecule has 0 unspecified atom stereocenters. The van der Waals surface area contributed by atoms with Gasteiger partial charge >= 0.3 is 6.01 Å². The third kappa shape index (κ3) is 4.48. The van der Waals surface area contributed by atoms with Crippen molar-refractivity contribution in [2.24, 2.45) is 5.92 Å². The van der Waals surface area contributed by atoms with Gasteiger partial charge in [-0.3, -0.25) is 4.90 Å². The number of aromatic nitrogens is 2. The molecule has 0 radical (unpaired) electrons. The van der Waals surface area contributed by atoms with Gasteiger partial charge in [-0.1, -0.05) is 17.7 Å². The summed E-state index contributed by atoms with van der Waals surface area (Å²) in [4.78, 5) is 13.5. The summed E-state index contributed by atoms with van der Waals surface area (Å²) < 4.78 is 59.3. The van der Waals surface area contributed by atoms with Crippen molar-refractivity contribution in [1.29, 1.82) is 5.26 Å². The van der Waals surface area contributed by atoms with Gasteiger partial charge in [0.1, 0.15) is 41.0 Å². The highest BCUT2D eigenvalue weighted by Gasteiger charge is 2.51. The number of halogens is 4. The van der Waals surface area contributed by atoms with Crippen molar-refractivity contribution in [3.63, 3.8) is 0 Å². The number of benzene rings is 2. The normalized spacial score (nSPS) is 27.0. The minimum absolute atomic E-state index is 0.0271. The summed E-state index contributed by atoms with van der Waals surface area (Å²) in [7, 11) is 1.88. The van der Waals surface area contributed by atoms with Gasteiger partial charge in [0, 0.05) is 49.5 Å². The van der Waals surface area contributed by atoms with Crippen LogP contribution in [0.15, 0.2) is 12.1 Å². The molecule has 14 heteroatoms. The number of aliphatic hydroxyl groups is 1. The minimum atomic E-state index is -0.951. The van der Waals surface area contributed by atoms with E-state index in [-0.39, 0.29) is 85.2 Å². The summed E-state index contributed by atoms with van der Waals surface area (Å²) in [5, 5.41) is 20.2. The SMILES string of the molecule is CN1c2nc(OC[C@@]34CCCN3C[C@H](F)C4)nc3c(F)c(-c4ccc(F)c5sc(N)c(C#N)c45)c(Cl)c(c23)OCCC12CC(CO)C2. The molecule has 2 aromatic carbocycles. The molecule has 4 aliphatic rings. The van der Waals surface area contributed by atoms with Gasteiger partial charge in [-0.2, -0.15) is 15.2 Å². The Kier molecular flexibility index (Phi) is 7.18. The monoisotopic (exact) mass is 684 g/mol. The Bertz CT molecular complexity index is 2000. The number of ether oxygens (including phenoxy) is 2. The van der Waals surface area contributed by atoms with E-state index in [2.05, 4.69) is 9.88 Å². The third-order valence-electron chi connectivity index (χ3n) is 10.8. The first-order valence-corrected chi connectivity index (χ1v) is 16.9. The van der Waals surface area contributed by atoms with Crippen molar-refractivity contribution in [3.8, 4) is 29.0 Å². The summed E-state index contributed by atoms with van der Waals surface area (Å²) >= 11 is 7.93. The van der Waals surface area contributed by atoms with Crippen LogP contribution in [0.3, 0.4) is 0 Å². The Hall–Kier alpha value is -3.57. The van der Waals surface area contributed by atoms with Crippen LogP contribution < -0.4 is 20.1 Å². The second kappa shape index (κ2) is 11.0. The number of thiophene rings is 1. The number of nitrogens with two attached hydrogens (primary N) is 1. The minimum Gasteiger partial charge on any atom is -0.491 e. The fourth-order valence-corrected chi connectivity index (χ4v) is 9.71. The van der Waals surface area contributed by atoms with Crippen molar-refractivity contribution in [2.75, 3.05) is 50.6 Å². The number of fused-ring (bicyclic) bond motifs is 2. The van der Waals surface area contributed by atoms with E-state index < -0.39 is 28.9 Å². The smallest absolute Gasteiger partial charge is 0.319 e. The van der Waals surface area contributed by atoms with Crippen molar-refractivity contribution >= 4 is 54.7 Å². The Morgan fingerprint density at radius 2 is 2.04 bits per heavy atom. The van der Waals surface area contributed by atoms with Crippen molar-refractivity contribution in [2.45, 2.75) is 55.8 Å². The van der Waals surface area contributed by atoms with Gasteiger partial charge in [-0.05, 0) is 49.8 Å². The van der Waals surface area contributed by atoms with Crippen LogP contribution >= 0.6 is 22.9 Å². The number of nitrogens with zero attached hydrogens (tertiary/aromatic N) is 5. The molecule has 3 N–H and O–H groups in total.